The highest BCUT2D eigenvalue weighted by Crippen LogP contribution is 2.43. The molecular formula is C28H33NO5. The van der Waals surface area contributed by atoms with Gasteiger partial charge < -0.3 is 24.2 Å². The van der Waals surface area contributed by atoms with Gasteiger partial charge in [-0.3, -0.25) is 4.79 Å². The maximum absolute atomic E-state index is 11.1. The van der Waals surface area contributed by atoms with Crippen molar-refractivity contribution in [1.82, 2.24) is 4.90 Å². The second-order valence-electron chi connectivity index (χ2n) is 8.90. The van der Waals surface area contributed by atoms with Gasteiger partial charge in [-0.2, -0.15) is 0 Å². The number of nitrogens with zero attached hydrogens (tertiary/aromatic N) is 1. The quantitative estimate of drug-likeness (QED) is 0.473. The minimum absolute atomic E-state index is 0.0992. The average molecular weight is 464 g/mol. The number of likely N-dealkylation sites (tertiary alicyclic amines) is 1. The minimum atomic E-state index is -0.797. The molecule has 1 fully saturated rings. The van der Waals surface area contributed by atoms with Gasteiger partial charge >= 0.3 is 5.97 Å². The molecular weight excluding hydrogens is 430 g/mol. The summed E-state index contributed by atoms with van der Waals surface area (Å²) in [6.07, 6.45) is 2.95. The number of rotatable bonds is 9. The lowest BCUT2D eigenvalue weighted by Crippen LogP contribution is -2.34. The Morgan fingerprint density at radius 1 is 1.00 bits per heavy atom. The van der Waals surface area contributed by atoms with E-state index in [1.807, 2.05) is 36.4 Å². The summed E-state index contributed by atoms with van der Waals surface area (Å²) in [5.41, 5.74) is 3.90. The number of aryl methyl sites for hydroxylation is 1. The fourth-order valence-corrected chi connectivity index (χ4v) is 4.73. The summed E-state index contributed by atoms with van der Waals surface area (Å²) in [5, 5.41) is 11.2. The second kappa shape index (κ2) is 10.9. The van der Waals surface area contributed by atoms with Gasteiger partial charge in [0.1, 0.15) is 11.5 Å². The first-order valence-corrected chi connectivity index (χ1v) is 11.8. The minimum Gasteiger partial charge on any atom is -0.496 e. The Balaban J connectivity index is 1.68. The third-order valence-electron chi connectivity index (χ3n) is 6.61. The van der Waals surface area contributed by atoms with Gasteiger partial charge in [-0.05, 0) is 65.9 Å². The van der Waals surface area contributed by atoms with Crippen LogP contribution in [0.5, 0.6) is 11.5 Å². The van der Waals surface area contributed by atoms with Gasteiger partial charge in [-0.15, -0.1) is 0 Å². The zero-order valence-corrected chi connectivity index (χ0v) is 20.2. The Hall–Kier alpha value is -3.09. The molecule has 1 saturated heterocycles. The molecule has 0 radical (unpaired) electrons. The van der Waals surface area contributed by atoms with E-state index >= 15 is 0 Å². The predicted octanol–water partition coefficient (Wildman–Crippen LogP) is 5.15. The van der Waals surface area contributed by atoms with Crippen LogP contribution in [-0.4, -0.2) is 56.4 Å². The van der Waals surface area contributed by atoms with Crippen LogP contribution in [0.3, 0.4) is 0 Å². The van der Waals surface area contributed by atoms with Gasteiger partial charge in [0.15, 0.2) is 0 Å². The highest BCUT2D eigenvalue weighted by molar-refractivity contribution is 6.01. The maximum Gasteiger partial charge on any atom is 0.303 e. The van der Waals surface area contributed by atoms with Gasteiger partial charge in [0, 0.05) is 19.5 Å². The molecule has 0 aromatic heterocycles. The summed E-state index contributed by atoms with van der Waals surface area (Å²) in [4.78, 5) is 13.5. The summed E-state index contributed by atoms with van der Waals surface area (Å²) in [5.74, 6) is 0.657. The van der Waals surface area contributed by atoms with Crippen LogP contribution in [-0.2, 0) is 22.6 Å². The molecule has 4 rings (SSSR count). The molecule has 0 bridgehead atoms. The molecule has 180 valence electrons. The lowest BCUT2D eigenvalue weighted by atomic mass is 9.92. The number of piperidine rings is 1. The van der Waals surface area contributed by atoms with E-state index in [0.717, 1.165) is 70.5 Å². The van der Waals surface area contributed by atoms with E-state index in [4.69, 9.17) is 19.3 Å². The van der Waals surface area contributed by atoms with Crippen molar-refractivity contribution >= 4 is 16.7 Å². The molecule has 34 heavy (non-hydrogen) atoms. The first-order valence-electron chi connectivity index (χ1n) is 11.8. The number of fused-ring (bicyclic) bond motifs is 1. The number of methoxy groups -OCH3 is 2. The van der Waals surface area contributed by atoms with Crippen molar-refractivity contribution in [3.8, 4) is 22.6 Å². The zero-order chi connectivity index (χ0) is 24.1. The highest BCUT2D eigenvalue weighted by atomic mass is 16.5. The molecule has 0 aliphatic carbocycles. The van der Waals surface area contributed by atoms with Crippen molar-refractivity contribution in [3.05, 3.63) is 59.7 Å². The SMILES string of the molecule is COc1cc(COC2CCN(C)CC2)cc(OC)c1-c1cccc2c(CCC(=O)O)cccc12. The predicted molar refractivity (Wildman–Crippen MR) is 134 cm³/mol. The number of carboxylic acids is 1. The molecule has 1 aliphatic heterocycles. The number of aliphatic carboxylic acids is 1. The van der Waals surface area contributed by atoms with E-state index in [2.05, 4.69) is 24.1 Å². The zero-order valence-electron chi connectivity index (χ0n) is 20.2. The molecule has 0 saturated carbocycles. The van der Waals surface area contributed by atoms with Crippen LogP contribution >= 0.6 is 0 Å². The van der Waals surface area contributed by atoms with Gasteiger partial charge in [-0.25, -0.2) is 0 Å². The summed E-state index contributed by atoms with van der Waals surface area (Å²) in [7, 11) is 5.49. The Bertz CT molecular complexity index is 1130. The largest absolute Gasteiger partial charge is 0.496 e. The molecule has 0 atom stereocenters. The lowest BCUT2D eigenvalue weighted by molar-refractivity contribution is -0.136. The fraction of sp³-hybridized carbons (Fsp3) is 0.393. The smallest absolute Gasteiger partial charge is 0.303 e. The van der Waals surface area contributed by atoms with Crippen LogP contribution in [0.4, 0.5) is 0 Å². The first-order chi connectivity index (χ1) is 16.5. The Kier molecular flexibility index (Phi) is 7.70. The van der Waals surface area contributed by atoms with Crippen LogP contribution in [0.15, 0.2) is 48.5 Å². The number of ether oxygens (including phenoxy) is 3. The van der Waals surface area contributed by atoms with Crippen molar-refractivity contribution in [2.45, 2.75) is 38.4 Å². The Morgan fingerprint density at radius 2 is 1.65 bits per heavy atom. The first kappa shape index (κ1) is 24.0. The second-order valence-corrected chi connectivity index (χ2v) is 8.90. The van der Waals surface area contributed by atoms with E-state index in [0.29, 0.717) is 13.0 Å². The normalized spacial score (nSPS) is 14.9. The Morgan fingerprint density at radius 3 is 2.29 bits per heavy atom. The number of carbonyl (C=O) groups is 1. The van der Waals surface area contributed by atoms with Gasteiger partial charge in [0.05, 0.1) is 32.5 Å². The lowest BCUT2D eigenvalue weighted by Gasteiger charge is -2.29. The molecule has 0 amide bonds. The van der Waals surface area contributed by atoms with Gasteiger partial charge in [-0.1, -0.05) is 36.4 Å². The van der Waals surface area contributed by atoms with Crippen LogP contribution < -0.4 is 9.47 Å². The van der Waals surface area contributed by atoms with E-state index in [1.165, 1.54) is 0 Å². The third kappa shape index (κ3) is 5.34. The fourth-order valence-electron chi connectivity index (χ4n) is 4.73. The molecule has 1 aliphatic rings. The van der Waals surface area contributed by atoms with E-state index in [-0.39, 0.29) is 12.5 Å². The third-order valence-corrected chi connectivity index (χ3v) is 6.61. The monoisotopic (exact) mass is 463 g/mol. The summed E-state index contributed by atoms with van der Waals surface area (Å²) in [6.45, 7) is 2.63. The van der Waals surface area contributed by atoms with Gasteiger partial charge in [0.25, 0.3) is 0 Å². The number of benzene rings is 3. The summed E-state index contributed by atoms with van der Waals surface area (Å²) in [6, 6.07) is 16.2. The van der Waals surface area contributed by atoms with E-state index < -0.39 is 5.97 Å². The molecule has 0 spiro atoms. The van der Waals surface area contributed by atoms with Crippen LogP contribution in [0, 0.1) is 0 Å². The molecule has 1 N–H and O–H groups in total. The molecule has 0 unspecified atom stereocenters. The van der Waals surface area contributed by atoms with Crippen molar-refractivity contribution < 1.29 is 24.1 Å². The van der Waals surface area contributed by atoms with E-state index in [9.17, 15) is 4.79 Å². The average Bonchev–Trinajstić information content (AvgIpc) is 2.86. The topological polar surface area (TPSA) is 68.2 Å². The number of hydrogen-bond acceptors (Lipinski definition) is 5. The van der Waals surface area contributed by atoms with Crippen molar-refractivity contribution in [2.75, 3.05) is 34.4 Å². The standard InChI is InChI=1S/C28H33NO5/c1-29-14-12-21(13-15-29)34-18-19-16-25(32-2)28(26(17-19)33-3)24-9-5-7-22-20(10-11-27(30)31)6-4-8-23(22)24/h4-9,16-17,21H,10-15,18H2,1-3H3,(H,30,31). The van der Waals surface area contributed by atoms with Crippen molar-refractivity contribution in [1.29, 1.82) is 0 Å². The van der Waals surface area contributed by atoms with E-state index in [1.54, 1.807) is 14.2 Å². The van der Waals surface area contributed by atoms with Crippen molar-refractivity contribution in [2.24, 2.45) is 0 Å². The number of hydrogen-bond donors (Lipinski definition) is 1. The van der Waals surface area contributed by atoms with Crippen LogP contribution in [0.1, 0.15) is 30.4 Å². The molecule has 6 nitrogen and oxygen atoms in total. The molecule has 3 aromatic rings. The summed E-state index contributed by atoms with van der Waals surface area (Å²) >= 11 is 0. The van der Waals surface area contributed by atoms with Crippen LogP contribution in [0.25, 0.3) is 21.9 Å². The molecule has 1 heterocycles. The maximum atomic E-state index is 11.1. The highest BCUT2D eigenvalue weighted by Gasteiger charge is 2.20. The molecule has 3 aromatic carbocycles. The summed E-state index contributed by atoms with van der Waals surface area (Å²) < 4.78 is 17.9. The van der Waals surface area contributed by atoms with Crippen molar-refractivity contribution in [3.63, 3.8) is 0 Å². The molecule has 6 heteroatoms. The Labute approximate surface area is 201 Å². The van der Waals surface area contributed by atoms with Gasteiger partial charge in [0.2, 0.25) is 0 Å². The van der Waals surface area contributed by atoms with Crippen LogP contribution in [0.2, 0.25) is 0 Å². The number of carboxylic acid groups (broad SMARTS) is 1.